The third kappa shape index (κ3) is 3.15. The largest absolute Gasteiger partial charge is 0.480 e. The lowest BCUT2D eigenvalue weighted by atomic mass is 10.0. The van der Waals surface area contributed by atoms with Gasteiger partial charge in [-0.1, -0.05) is 0 Å². The maximum atomic E-state index is 10.8. The van der Waals surface area contributed by atoms with Crippen LogP contribution in [0.2, 0.25) is 0 Å². The van der Waals surface area contributed by atoms with Crippen molar-refractivity contribution in [2.75, 3.05) is 26.7 Å². The number of nitrogens with zero attached hydrogens (tertiary/aromatic N) is 1. The minimum atomic E-state index is -0.930. The monoisotopic (exact) mass is 216 g/mol. The van der Waals surface area contributed by atoms with Gasteiger partial charge in [-0.2, -0.15) is 0 Å². The maximum absolute atomic E-state index is 10.8. The van der Waals surface area contributed by atoms with Crippen molar-refractivity contribution in [3.05, 3.63) is 0 Å². The summed E-state index contributed by atoms with van der Waals surface area (Å²) in [5, 5.41) is 21.5. The fourth-order valence-electron chi connectivity index (χ4n) is 1.73. The molecular weight excluding hydrogens is 196 g/mol. The number of carbonyl (C=O) groups is 1. The van der Waals surface area contributed by atoms with Crippen molar-refractivity contribution in [3.63, 3.8) is 0 Å². The molecule has 1 heterocycles. The van der Waals surface area contributed by atoms with Gasteiger partial charge in [-0.05, 0) is 20.9 Å². The fourth-order valence-corrected chi connectivity index (χ4v) is 1.73. The van der Waals surface area contributed by atoms with Crippen LogP contribution in [0, 0.1) is 5.92 Å². The van der Waals surface area contributed by atoms with Crippen molar-refractivity contribution in [2.45, 2.75) is 25.5 Å². The summed E-state index contributed by atoms with van der Waals surface area (Å²) in [5.41, 5.74) is -0.930. The van der Waals surface area contributed by atoms with Crippen molar-refractivity contribution in [1.29, 1.82) is 0 Å². The topological polar surface area (TPSA) is 72.8 Å². The average molecular weight is 216 g/mol. The second kappa shape index (κ2) is 4.47. The molecule has 0 aliphatic carbocycles. The van der Waals surface area contributed by atoms with Gasteiger partial charge in [0.15, 0.2) is 0 Å². The molecule has 0 aromatic carbocycles. The van der Waals surface area contributed by atoms with Crippen molar-refractivity contribution in [2.24, 2.45) is 5.92 Å². The molecule has 5 heteroatoms. The first-order chi connectivity index (χ1) is 6.83. The lowest BCUT2D eigenvalue weighted by Crippen LogP contribution is -2.49. The normalized spacial score (nSPS) is 28.3. The van der Waals surface area contributed by atoms with Crippen LogP contribution in [-0.4, -0.2) is 59.4 Å². The number of β-amino-alcohol motifs (C(OH)–C–C–N with tert-alkyl or cyclic N) is 1. The molecule has 1 aliphatic heterocycles. The van der Waals surface area contributed by atoms with Crippen molar-refractivity contribution in [1.82, 2.24) is 10.2 Å². The quantitative estimate of drug-likeness (QED) is 0.583. The van der Waals surface area contributed by atoms with Crippen LogP contribution in [0.1, 0.15) is 13.8 Å². The van der Waals surface area contributed by atoms with E-state index in [2.05, 4.69) is 5.32 Å². The second-order valence-corrected chi connectivity index (χ2v) is 4.86. The molecule has 1 saturated heterocycles. The summed E-state index contributed by atoms with van der Waals surface area (Å²) in [5.74, 6) is -0.753. The predicted molar refractivity (Wildman–Crippen MR) is 56.7 cm³/mol. The van der Waals surface area contributed by atoms with E-state index in [0.29, 0.717) is 13.1 Å². The van der Waals surface area contributed by atoms with E-state index < -0.39 is 11.5 Å². The third-order valence-electron chi connectivity index (χ3n) is 2.93. The molecule has 3 N–H and O–H groups in total. The number of carboxylic acid groups (broad SMARTS) is 1. The van der Waals surface area contributed by atoms with Gasteiger partial charge in [0.1, 0.15) is 5.54 Å². The van der Waals surface area contributed by atoms with Crippen LogP contribution < -0.4 is 5.32 Å². The number of carboxylic acids is 1. The van der Waals surface area contributed by atoms with Crippen molar-refractivity contribution >= 4 is 5.97 Å². The number of hydrogen-bond acceptors (Lipinski definition) is 4. The summed E-state index contributed by atoms with van der Waals surface area (Å²) >= 11 is 0. The number of rotatable bonds is 4. The van der Waals surface area contributed by atoms with Crippen LogP contribution in [0.25, 0.3) is 0 Å². The summed E-state index contributed by atoms with van der Waals surface area (Å²) in [6, 6.07) is 0. The van der Waals surface area contributed by atoms with Crippen molar-refractivity contribution in [3.8, 4) is 0 Å². The molecule has 1 rings (SSSR count). The summed E-state index contributed by atoms with van der Waals surface area (Å²) in [6.07, 6.45) is -0.355. The highest BCUT2D eigenvalue weighted by molar-refractivity contribution is 5.77. The van der Waals surface area contributed by atoms with Crippen LogP contribution in [0.5, 0.6) is 0 Å². The van der Waals surface area contributed by atoms with Crippen LogP contribution in [0.4, 0.5) is 0 Å². The summed E-state index contributed by atoms with van der Waals surface area (Å²) < 4.78 is 0. The van der Waals surface area contributed by atoms with E-state index in [0.717, 1.165) is 6.54 Å². The van der Waals surface area contributed by atoms with E-state index in [1.807, 2.05) is 11.9 Å². The fraction of sp³-hybridized carbons (Fsp3) is 0.900. The lowest BCUT2D eigenvalue weighted by molar-refractivity contribution is -0.143. The zero-order valence-corrected chi connectivity index (χ0v) is 9.53. The molecule has 0 bridgehead atoms. The Balaban J connectivity index is 2.40. The first-order valence-electron chi connectivity index (χ1n) is 5.18. The zero-order chi connectivity index (χ0) is 11.6. The Morgan fingerprint density at radius 2 is 2.13 bits per heavy atom. The van der Waals surface area contributed by atoms with E-state index in [1.54, 1.807) is 13.8 Å². The van der Waals surface area contributed by atoms with Crippen LogP contribution in [-0.2, 0) is 4.79 Å². The molecule has 0 aromatic rings. The van der Waals surface area contributed by atoms with E-state index in [-0.39, 0.29) is 12.0 Å². The highest BCUT2D eigenvalue weighted by atomic mass is 16.4. The van der Waals surface area contributed by atoms with Gasteiger partial charge in [-0.3, -0.25) is 4.79 Å². The average Bonchev–Trinajstić information content (AvgIpc) is 2.41. The van der Waals surface area contributed by atoms with Crippen LogP contribution in [0.3, 0.4) is 0 Å². The molecule has 0 amide bonds. The Labute approximate surface area is 90.1 Å². The Hall–Kier alpha value is -0.650. The SMILES string of the molecule is CN1CC(O)C(CNC(C)(C)C(=O)O)C1. The smallest absolute Gasteiger partial charge is 0.323 e. The van der Waals surface area contributed by atoms with Gasteiger partial charge in [-0.25, -0.2) is 0 Å². The van der Waals surface area contributed by atoms with Crippen LogP contribution >= 0.6 is 0 Å². The molecule has 2 atom stereocenters. The number of nitrogens with one attached hydrogen (secondary N) is 1. The Kier molecular flexibility index (Phi) is 3.70. The van der Waals surface area contributed by atoms with Gasteiger partial charge >= 0.3 is 5.97 Å². The first-order valence-corrected chi connectivity index (χ1v) is 5.18. The number of aliphatic hydroxyl groups is 1. The first kappa shape index (κ1) is 12.4. The molecular formula is C10H20N2O3. The number of likely N-dealkylation sites (tertiary alicyclic amines) is 1. The summed E-state index contributed by atoms with van der Waals surface area (Å²) in [4.78, 5) is 12.9. The van der Waals surface area contributed by atoms with Crippen LogP contribution in [0.15, 0.2) is 0 Å². The van der Waals surface area contributed by atoms with Gasteiger partial charge in [0.25, 0.3) is 0 Å². The second-order valence-electron chi connectivity index (χ2n) is 4.86. The van der Waals surface area contributed by atoms with E-state index in [1.165, 1.54) is 0 Å². The number of likely N-dealkylation sites (N-methyl/N-ethyl adjacent to an activating group) is 1. The maximum Gasteiger partial charge on any atom is 0.323 e. The zero-order valence-electron chi connectivity index (χ0n) is 9.53. The number of hydrogen-bond donors (Lipinski definition) is 3. The molecule has 1 fully saturated rings. The number of aliphatic carboxylic acids is 1. The predicted octanol–water partition coefficient (Wildman–Crippen LogP) is -0.638. The Morgan fingerprint density at radius 1 is 1.53 bits per heavy atom. The molecule has 2 unspecified atom stereocenters. The lowest BCUT2D eigenvalue weighted by Gasteiger charge is -2.24. The van der Waals surface area contributed by atoms with Gasteiger partial charge in [0.05, 0.1) is 6.10 Å². The highest BCUT2D eigenvalue weighted by Crippen LogP contribution is 2.15. The van der Waals surface area contributed by atoms with E-state index in [9.17, 15) is 9.90 Å². The molecule has 15 heavy (non-hydrogen) atoms. The Bertz CT molecular complexity index is 243. The molecule has 0 spiro atoms. The summed E-state index contributed by atoms with van der Waals surface area (Å²) in [6.45, 7) is 5.26. The standard InChI is InChI=1S/C10H20N2O3/c1-10(2,9(14)15)11-4-7-5-12(3)6-8(7)13/h7-8,11,13H,4-6H2,1-3H3,(H,14,15). The van der Waals surface area contributed by atoms with Gasteiger partial charge < -0.3 is 20.4 Å². The molecule has 5 nitrogen and oxygen atoms in total. The molecule has 0 aromatic heterocycles. The van der Waals surface area contributed by atoms with Gasteiger partial charge in [0, 0.05) is 25.6 Å². The summed E-state index contributed by atoms with van der Waals surface area (Å²) in [7, 11) is 1.95. The minimum Gasteiger partial charge on any atom is -0.480 e. The minimum absolute atomic E-state index is 0.119. The highest BCUT2D eigenvalue weighted by Gasteiger charge is 2.32. The van der Waals surface area contributed by atoms with Gasteiger partial charge in [0.2, 0.25) is 0 Å². The van der Waals surface area contributed by atoms with E-state index >= 15 is 0 Å². The van der Waals surface area contributed by atoms with E-state index in [4.69, 9.17) is 5.11 Å². The van der Waals surface area contributed by atoms with Gasteiger partial charge in [-0.15, -0.1) is 0 Å². The molecule has 0 saturated carbocycles. The van der Waals surface area contributed by atoms with Crippen molar-refractivity contribution < 1.29 is 15.0 Å². The molecule has 0 radical (unpaired) electrons. The molecule has 88 valence electrons. The molecule has 1 aliphatic rings. The third-order valence-corrected chi connectivity index (χ3v) is 2.93. The number of aliphatic hydroxyl groups excluding tert-OH is 1. The Morgan fingerprint density at radius 3 is 2.53 bits per heavy atom.